The molecule has 1 amide bonds. The van der Waals surface area contributed by atoms with Crippen molar-refractivity contribution in [2.75, 3.05) is 25.4 Å². The van der Waals surface area contributed by atoms with Crippen LogP contribution in [0.4, 0.5) is 5.95 Å². The van der Waals surface area contributed by atoms with Crippen LogP contribution in [-0.2, 0) is 16.1 Å². The van der Waals surface area contributed by atoms with Crippen LogP contribution in [0.25, 0.3) is 11.0 Å². The lowest BCUT2D eigenvalue weighted by molar-refractivity contribution is -0.141. The fourth-order valence-corrected chi connectivity index (χ4v) is 3.71. The lowest BCUT2D eigenvalue weighted by atomic mass is 9.96. The summed E-state index contributed by atoms with van der Waals surface area (Å²) in [6, 6.07) is 1.19. The standard InChI is InChI=1S/C22H37N9O3/c1-13(2)18(33)16(6-5-8-27-21(23)24)31(11-9-26-14(3)4)17(32)12-30-10-7-15-19(30)28-22(25)29-20(15)34/h7,10,13-14,16,26H,5-6,8-9,11-12H2,1-4H3,(H4,23,24,27)(H3,25,28,29,34)/t16-/m1/s1. The Morgan fingerprint density at radius 3 is 2.59 bits per heavy atom. The summed E-state index contributed by atoms with van der Waals surface area (Å²) in [6.45, 7) is 8.81. The van der Waals surface area contributed by atoms with Crippen LogP contribution in [0.1, 0.15) is 40.5 Å². The van der Waals surface area contributed by atoms with Gasteiger partial charge in [0.05, 0.1) is 11.4 Å². The molecule has 12 nitrogen and oxygen atoms in total. The van der Waals surface area contributed by atoms with Crippen molar-refractivity contribution in [1.82, 2.24) is 24.8 Å². The number of anilines is 1. The number of H-pyrrole nitrogens is 1. The normalized spacial score (nSPS) is 12.3. The number of nitrogen functional groups attached to an aromatic ring is 1. The number of aromatic nitrogens is 3. The zero-order chi connectivity index (χ0) is 25.4. The molecule has 0 spiro atoms. The number of amides is 1. The number of aliphatic imine (C=N–C) groups is 1. The van der Waals surface area contributed by atoms with Crippen molar-refractivity contribution in [3.63, 3.8) is 0 Å². The van der Waals surface area contributed by atoms with Crippen LogP contribution in [0.15, 0.2) is 22.1 Å². The van der Waals surface area contributed by atoms with Gasteiger partial charge in [0, 0.05) is 37.8 Å². The number of hydrogen-bond donors (Lipinski definition) is 5. The molecule has 0 aromatic carbocycles. The van der Waals surface area contributed by atoms with E-state index in [4.69, 9.17) is 17.2 Å². The van der Waals surface area contributed by atoms with E-state index < -0.39 is 6.04 Å². The summed E-state index contributed by atoms with van der Waals surface area (Å²) in [5.41, 5.74) is 16.4. The molecule has 0 aliphatic heterocycles. The Labute approximate surface area is 199 Å². The lowest BCUT2D eigenvalue weighted by Crippen LogP contribution is -2.50. The molecule has 2 aromatic rings. The molecule has 2 heterocycles. The molecule has 188 valence electrons. The second-order valence-corrected chi connectivity index (χ2v) is 8.85. The van der Waals surface area contributed by atoms with Crippen molar-refractivity contribution < 1.29 is 9.59 Å². The van der Waals surface area contributed by atoms with Crippen LogP contribution in [0.2, 0.25) is 0 Å². The fourth-order valence-electron chi connectivity index (χ4n) is 3.71. The van der Waals surface area contributed by atoms with Gasteiger partial charge in [-0.05, 0) is 18.9 Å². The number of Topliss-reactive ketones (excluding diaryl/α,β-unsaturated/α-hetero) is 1. The van der Waals surface area contributed by atoms with Gasteiger partial charge in [-0.3, -0.25) is 24.4 Å². The highest BCUT2D eigenvalue weighted by molar-refractivity contribution is 5.90. The van der Waals surface area contributed by atoms with Crippen molar-refractivity contribution in [3.8, 4) is 0 Å². The third kappa shape index (κ3) is 7.30. The number of hydrogen-bond acceptors (Lipinski definition) is 7. The molecule has 0 aliphatic carbocycles. The van der Waals surface area contributed by atoms with Crippen LogP contribution in [-0.4, -0.2) is 68.8 Å². The molecule has 0 saturated heterocycles. The van der Waals surface area contributed by atoms with Crippen molar-refractivity contribution in [2.24, 2.45) is 22.4 Å². The number of nitrogens with one attached hydrogen (secondary N) is 2. The first kappa shape index (κ1) is 26.8. The van der Waals surface area contributed by atoms with Crippen LogP contribution < -0.4 is 28.1 Å². The summed E-state index contributed by atoms with van der Waals surface area (Å²) in [5, 5.41) is 3.63. The van der Waals surface area contributed by atoms with Gasteiger partial charge in [0.15, 0.2) is 11.7 Å². The topological polar surface area (TPSA) is 191 Å². The SMILES string of the molecule is CC(C)NCCN(C(=O)Cn1ccc2c(=O)[nH]c(N)nc21)[C@H](CCCN=C(N)N)C(=O)C(C)C. The van der Waals surface area contributed by atoms with Gasteiger partial charge in [0.1, 0.15) is 12.2 Å². The number of nitrogens with two attached hydrogens (primary N) is 3. The average molecular weight is 476 g/mol. The molecular weight excluding hydrogens is 438 g/mol. The lowest BCUT2D eigenvalue weighted by Gasteiger charge is -2.32. The van der Waals surface area contributed by atoms with Gasteiger partial charge in [-0.1, -0.05) is 27.7 Å². The number of guanidine groups is 1. The molecule has 0 radical (unpaired) electrons. The predicted octanol–water partition coefficient (Wildman–Crippen LogP) is -0.219. The third-order valence-corrected chi connectivity index (χ3v) is 5.38. The van der Waals surface area contributed by atoms with Crippen molar-refractivity contribution in [3.05, 3.63) is 22.6 Å². The zero-order valence-corrected chi connectivity index (χ0v) is 20.4. The highest BCUT2D eigenvalue weighted by atomic mass is 16.2. The van der Waals surface area contributed by atoms with E-state index in [0.717, 1.165) is 0 Å². The number of rotatable bonds is 13. The maximum absolute atomic E-state index is 13.5. The second kappa shape index (κ2) is 12.2. The van der Waals surface area contributed by atoms with Gasteiger partial charge in [-0.2, -0.15) is 4.98 Å². The maximum Gasteiger partial charge on any atom is 0.261 e. The Hall–Kier alpha value is -3.41. The Morgan fingerprint density at radius 1 is 1.26 bits per heavy atom. The monoisotopic (exact) mass is 475 g/mol. The number of aromatic amines is 1. The Balaban J connectivity index is 2.33. The van der Waals surface area contributed by atoms with E-state index in [0.29, 0.717) is 43.5 Å². The summed E-state index contributed by atoms with van der Waals surface area (Å²) in [6.07, 6.45) is 2.59. The minimum Gasteiger partial charge on any atom is -0.370 e. The molecule has 1 atom stereocenters. The summed E-state index contributed by atoms with van der Waals surface area (Å²) in [4.78, 5) is 51.0. The molecular formula is C22H37N9O3. The van der Waals surface area contributed by atoms with Gasteiger partial charge < -0.3 is 32.0 Å². The first-order valence-electron chi connectivity index (χ1n) is 11.5. The van der Waals surface area contributed by atoms with E-state index >= 15 is 0 Å². The molecule has 0 fully saturated rings. The molecule has 8 N–H and O–H groups in total. The second-order valence-electron chi connectivity index (χ2n) is 8.85. The smallest absolute Gasteiger partial charge is 0.261 e. The molecule has 0 saturated carbocycles. The van der Waals surface area contributed by atoms with Gasteiger partial charge in [-0.25, -0.2) is 0 Å². The number of nitrogens with zero attached hydrogens (tertiary/aromatic N) is 4. The highest BCUT2D eigenvalue weighted by Crippen LogP contribution is 2.16. The number of carbonyl (C=O) groups excluding carboxylic acids is 2. The number of carbonyl (C=O) groups is 2. The van der Waals surface area contributed by atoms with E-state index in [2.05, 4.69) is 20.3 Å². The third-order valence-electron chi connectivity index (χ3n) is 5.38. The predicted molar refractivity (Wildman–Crippen MR) is 133 cm³/mol. The minimum atomic E-state index is -0.626. The summed E-state index contributed by atoms with van der Waals surface area (Å²) in [7, 11) is 0. The Kier molecular flexibility index (Phi) is 9.60. The fraction of sp³-hybridized carbons (Fsp3) is 0.591. The van der Waals surface area contributed by atoms with Gasteiger partial charge in [-0.15, -0.1) is 0 Å². The van der Waals surface area contributed by atoms with Crippen molar-refractivity contribution in [2.45, 2.75) is 59.2 Å². The molecule has 2 aromatic heterocycles. The highest BCUT2D eigenvalue weighted by Gasteiger charge is 2.31. The Morgan fingerprint density at radius 2 is 1.97 bits per heavy atom. The van der Waals surface area contributed by atoms with Crippen LogP contribution in [0, 0.1) is 5.92 Å². The molecule has 2 rings (SSSR count). The van der Waals surface area contributed by atoms with E-state index in [-0.39, 0.29) is 47.7 Å². The molecule has 0 unspecified atom stereocenters. The van der Waals surface area contributed by atoms with Crippen molar-refractivity contribution in [1.29, 1.82) is 0 Å². The zero-order valence-electron chi connectivity index (χ0n) is 20.4. The van der Waals surface area contributed by atoms with E-state index in [9.17, 15) is 14.4 Å². The van der Waals surface area contributed by atoms with E-state index in [1.54, 1.807) is 21.7 Å². The summed E-state index contributed by atoms with van der Waals surface area (Å²) in [5.74, 6) is -0.588. The molecule has 0 bridgehead atoms. The first-order valence-corrected chi connectivity index (χ1v) is 11.5. The number of fused-ring (bicyclic) bond motifs is 1. The Bertz CT molecular complexity index is 1070. The van der Waals surface area contributed by atoms with Crippen LogP contribution in [0.3, 0.4) is 0 Å². The van der Waals surface area contributed by atoms with Crippen LogP contribution in [0.5, 0.6) is 0 Å². The quantitative estimate of drug-likeness (QED) is 0.149. The molecule has 34 heavy (non-hydrogen) atoms. The van der Waals surface area contributed by atoms with Gasteiger partial charge in [0.25, 0.3) is 5.56 Å². The van der Waals surface area contributed by atoms with Crippen LogP contribution >= 0.6 is 0 Å². The average Bonchev–Trinajstić information content (AvgIpc) is 3.13. The van der Waals surface area contributed by atoms with E-state index in [1.807, 2.05) is 27.7 Å². The summed E-state index contributed by atoms with van der Waals surface area (Å²) < 4.78 is 1.57. The largest absolute Gasteiger partial charge is 0.370 e. The first-order chi connectivity index (χ1) is 16.0. The minimum absolute atomic E-state index is 0.0120. The number of ketones is 1. The van der Waals surface area contributed by atoms with Crippen molar-refractivity contribution >= 4 is 34.6 Å². The van der Waals surface area contributed by atoms with Gasteiger partial charge >= 0.3 is 0 Å². The van der Waals surface area contributed by atoms with E-state index in [1.165, 1.54) is 0 Å². The summed E-state index contributed by atoms with van der Waals surface area (Å²) >= 11 is 0. The maximum atomic E-state index is 13.5. The molecule has 12 heteroatoms. The molecule has 0 aliphatic rings. The van der Waals surface area contributed by atoms with Gasteiger partial charge in [0.2, 0.25) is 11.9 Å².